The normalized spacial score (nSPS) is 32.4. The maximum atomic E-state index is 4.57. The summed E-state index contributed by atoms with van der Waals surface area (Å²) >= 11 is 0. The van der Waals surface area contributed by atoms with Gasteiger partial charge in [-0.2, -0.15) is 0 Å². The Hall–Kier alpha value is -2.55. The molecule has 0 saturated heterocycles. The van der Waals surface area contributed by atoms with Crippen LogP contribution in [0.1, 0.15) is 81.4 Å². The molecule has 1 aromatic carbocycles. The Morgan fingerprint density at radius 3 is 2.51 bits per heavy atom. The van der Waals surface area contributed by atoms with Crippen molar-refractivity contribution >= 4 is 11.3 Å². The number of hydrogen-bond acceptors (Lipinski definition) is 3. The lowest BCUT2D eigenvalue weighted by Crippen LogP contribution is -2.30. The zero-order chi connectivity index (χ0) is 25.4. The molecule has 2 unspecified atom stereocenters. The smallest absolute Gasteiger partial charge is 0.0695 e. The first-order valence-corrected chi connectivity index (χ1v) is 14.9. The standard InChI is InChI=1S/C34H45N3/c1-23-4-6-26(7-5-23)18-27-8-10-28(11-9-27)24(2)29-12-15-34(16-13-29)20-31(34)22-36-25(3)33-19-30-21-35-17-14-32(30)37-33/h8-11,14,17,21,23,26,29,31,33,36-37H,2-7,12-13,15-16,18-20,22H2,1H3. The van der Waals surface area contributed by atoms with Gasteiger partial charge < -0.3 is 10.6 Å². The van der Waals surface area contributed by atoms with Gasteiger partial charge >= 0.3 is 0 Å². The second kappa shape index (κ2) is 10.3. The lowest BCUT2D eigenvalue weighted by atomic mass is 9.74. The Morgan fingerprint density at radius 2 is 1.78 bits per heavy atom. The SMILES string of the molecule is C=C(c1ccc(CC2CCC(C)CC2)cc1)C1CCC2(CC1)CC2CNC(=C)C1Cc2cnccc2N1. The summed E-state index contributed by atoms with van der Waals surface area (Å²) in [5.41, 5.74) is 8.46. The average Bonchev–Trinajstić information content (AvgIpc) is 3.39. The second-order valence-corrected chi connectivity index (χ2v) is 12.9. The first-order valence-electron chi connectivity index (χ1n) is 14.9. The molecule has 3 heteroatoms. The van der Waals surface area contributed by atoms with Crippen molar-refractivity contribution in [3.63, 3.8) is 0 Å². The van der Waals surface area contributed by atoms with Crippen LogP contribution in [0.4, 0.5) is 5.69 Å². The van der Waals surface area contributed by atoms with E-state index < -0.39 is 0 Å². The van der Waals surface area contributed by atoms with Crippen LogP contribution in [-0.2, 0) is 12.8 Å². The van der Waals surface area contributed by atoms with Gasteiger partial charge in [0.2, 0.25) is 0 Å². The zero-order valence-electron chi connectivity index (χ0n) is 22.8. The van der Waals surface area contributed by atoms with Crippen molar-refractivity contribution in [2.24, 2.45) is 29.1 Å². The van der Waals surface area contributed by atoms with Crippen molar-refractivity contribution in [3.05, 3.63) is 78.3 Å². The van der Waals surface area contributed by atoms with Crippen molar-refractivity contribution in [1.29, 1.82) is 0 Å². The van der Waals surface area contributed by atoms with Gasteiger partial charge in [-0.1, -0.05) is 57.2 Å². The molecule has 3 nitrogen and oxygen atoms in total. The molecule has 6 rings (SSSR count). The summed E-state index contributed by atoms with van der Waals surface area (Å²) in [7, 11) is 0. The highest BCUT2D eigenvalue weighted by Crippen LogP contribution is 2.62. The van der Waals surface area contributed by atoms with Crippen LogP contribution in [0.5, 0.6) is 0 Å². The van der Waals surface area contributed by atoms with E-state index in [1.165, 1.54) is 92.2 Å². The molecule has 1 aromatic heterocycles. The van der Waals surface area contributed by atoms with Crippen LogP contribution in [0.2, 0.25) is 0 Å². The highest BCUT2D eigenvalue weighted by Gasteiger charge is 2.54. The summed E-state index contributed by atoms with van der Waals surface area (Å²) in [4.78, 5) is 4.26. The molecule has 2 aromatic rings. The van der Waals surface area contributed by atoms with Gasteiger partial charge in [0.15, 0.2) is 0 Å². The van der Waals surface area contributed by atoms with Crippen LogP contribution in [0.25, 0.3) is 5.57 Å². The van der Waals surface area contributed by atoms with Crippen molar-refractivity contribution in [2.45, 2.75) is 83.6 Å². The molecule has 3 saturated carbocycles. The van der Waals surface area contributed by atoms with Crippen LogP contribution in [0, 0.1) is 29.1 Å². The van der Waals surface area contributed by atoms with E-state index in [9.17, 15) is 0 Å². The molecule has 1 spiro atoms. The minimum atomic E-state index is 0.283. The number of hydrogen-bond donors (Lipinski definition) is 2. The highest BCUT2D eigenvalue weighted by molar-refractivity contribution is 5.65. The zero-order valence-corrected chi connectivity index (χ0v) is 22.8. The summed E-state index contributed by atoms with van der Waals surface area (Å²) in [6, 6.07) is 11.8. The van der Waals surface area contributed by atoms with Gasteiger partial charge in [0.1, 0.15) is 0 Å². The van der Waals surface area contributed by atoms with Gasteiger partial charge in [-0.25, -0.2) is 0 Å². The lowest BCUT2D eigenvalue weighted by molar-refractivity contribution is 0.272. The minimum absolute atomic E-state index is 0.283. The summed E-state index contributed by atoms with van der Waals surface area (Å²) in [6.45, 7) is 12.4. The Labute approximate surface area is 224 Å². The maximum absolute atomic E-state index is 4.57. The molecule has 3 fully saturated rings. The minimum Gasteiger partial charge on any atom is -0.387 e. The molecular weight excluding hydrogens is 450 g/mol. The molecule has 196 valence electrons. The largest absolute Gasteiger partial charge is 0.387 e. The summed E-state index contributed by atoms with van der Waals surface area (Å²) in [5.74, 6) is 3.27. The summed E-state index contributed by atoms with van der Waals surface area (Å²) in [6.07, 6.45) is 18.4. The molecule has 2 atom stereocenters. The molecule has 0 bridgehead atoms. The summed E-state index contributed by atoms with van der Waals surface area (Å²) < 4.78 is 0. The van der Waals surface area contributed by atoms with Gasteiger partial charge in [-0.05, 0) is 109 Å². The van der Waals surface area contributed by atoms with E-state index in [1.807, 2.05) is 12.4 Å². The third-order valence-electron chi connectivity index (χ3n) is 10.5. The molecule has 3 aliphatic carbocycles. The molecule has 0 amide bonds. The topological polar surface area (TPSA) is 37.0 Å². The van der Waals surface area contributed by atoms with Crippen molar-refractivity contribution < 1.29 is 0 Å². The van der Waals surface area contributed by atoms with E-state index in [4.69, 9.17) is 0 Å². The Bertz CT molecular complexity index is 1090. The van der Waals surface area contributed by atoms with Gasteiger partial charge in [-0.15, -0.1) is 0 Å². The fraction of sp³-hybridized carbons (Fsp3) is 0.559. The van der Waals surface area contributed by atoms with Crippen molar-refractivity contribution in [2.75, 3.05) is 11.9 Å². The average molecular weight is 496 g/mol. The van der Waals surface area contributed by atoms with E-state index in [0.29, 0.717) is 11.3 Å². The number of allylic oxidation sites excluding steroid dienone is 1. The van der Waals surface area contributed by atoms with Crippen LogP contribution in [0.3, 0.4) is 0 Å². The Morgan fingerprint density at radius 1 is 1.03 bits per heavy atom. The fourth-order valence-corrected chi connectivity index (χ4v) is 7.61. The molecule has 4 aliphatic rings. The number of fused-ring (bicyclic) bond motifs is 1. The van der Waals surface area contributed by atoms with E-state index >= 15 is 0 Å². The van der Waals surface area contributed by atoms with E-state index in [-0.39, 0.29) is 6.04 Å². The number of rotatable bonds is 8. The Kier molecular flexibility index (Phi) is 6.90. The van der Waals surface area contributed by atoms with Gasteiger partial charge in [-0.3, -0.25) is 4.98 Å². The predicted octanol–water partition coefficient (Wildman–Crippen LogP) is 7.80. The highest BCUT2D eigenvalue weighted by atomic mass is 15.0. The number of pyridine rings is 1. The van der Waals surface area contributed by atoms with Crippen LogP contribution in [0.15, 0.2) is 61.6 Å². The first kappa shape index (κ1) is 24.8. The quantitative estimate of drug-likeness (QED) is 0.392. The number of nitrogens with one attached hydrogen (secondary N) is 2. The first-order chi connectivity index (χ1) is 18.0. The molecule has 2 N–H and O–H groups in total. The third-order valence-corrected chi connectivity index (χ3v) is 10.5. The van der Waals surface area contributed by atoms with Crippen LogP contribution in [-0.4, -0.2) is 17.6 Å². The summed E-state index contributed by atoms with van der Waals surface area (Å²) in [5, 5.41) is 7.29. The monoisotopic (exact) mass is 495 g/mol. The third kappa shape index (κ3) is 5.38. The van der Waals surface area contributed by atoms with E-state index in [1.54, 1.807) is 0 Å². The van der Waals surface area contributed by atoms with Gasteiger partial charge in [0.25, 0.3) is 0 Å². The predicted molar refractivity (Wildman–Crippen MR) is 155 cm³/mol. The molecule has 0 radical (unpaired) electrons. The number of aromatic nitrogens is 1. The number of benzene rings is 1. The van der Waals surface area contributed by atoms with Crippen molar-refractivity contribution in [3.8, 4) is 0 Å². The van der Waals surface area contributed by atoms with E-state index in [2.05, 4.69) is 66.0 Å². The molecule has 2 heterocycles. The van der Waals surface area contributed by atoms with Gasteiger partial charge in [0, 0.05) is 36.7 Å². The van der Waals surface area contributed by atoms with Gasteiger partial charge in [0.05, 0.1) is 6.04 Å². The van der Waals surface area contributed by atoms with E-state index in [0.717, 1.165) is 36.4 Å². The van der Waals surface area contributed by atoms with Crippen LogP contribution < -0.4 is 10.6 Å². The fourth-order valence-electron chi connectivity index (χ4n) is 7.61. The second-order valence-electron chi connectivity index (χ2n) is 12.9. The molecular formula is C34H45N3. The lowest BCUT2D eigenvalue weighted by Gasteiger charge is -2.31. The Balaban J connectivity index is 0.941. The van der Waals surface area contributed by atoms with Crippen molar-refractivity contribution in [1.82, 2.24) is 10.3 Å². The maximum Gasteiger partial charge on any atom is 0.0695 e. The number of anilines is 1. The number of nitrogens with zero attached hydrogens (tertiary/aromatic N) is 1. The molecule has 1 aliphatic heterocycles. The molecule has 37 heavy (non-hydrogen) atoms. The van der Waals surface area contributed by atoms with Crippen LogP contribution >= 0.6 is 0 Å².